The van der Waals surface area contributed by atoms with Gasteiger partial charge in [0.05, 0.1) is 26.4 Å². The summed E-state index contributed by atoms with van der Waals surface area (Å²) in [6, 6.07) is 13.7. The van der Waals surface area contributed by atoms with Crippen molar-refractivity contribution in [1.29, 1.82) is 0 Å². The molecule has 0 aromatic heterocycles. The Morgan fingerprint density at radius 3 is 2.60 bits per heavy atom. The average Bonchev–Trinajstić information content (AvgIpc) is 3.74. The van der Waals surface area contributed by atoms with E-state index < -0.39 is 0 Å². The van der Waals surface area contributed by atoms with E-state index in [1.165, 1.54) is 12.8 Å². The first kappa shape index (κ1) is 29.9. The Hall–Kier alpha value is -3.10. The van der Waals surface area contributed by atoms with Gasteiger partial charge >= 0.3 is 0 Å². The zero-order valence-electron chi connectivity index (χ0n) is 25.7. The van der Waals surface area contributed by atoms with Gasteiger partial charge in [-0.2, -0.15) is 0 Å². The quantitative estimate of drug-likeness (QED) is 0.476. The maximum Gasteiger partial charge on any atom is 0.254 e. The van der Waals surface area contributed by atoms with Crippen molar-refractivity contribution in [1.82, 2.24) is 14.7 Å². The van der Waals surface area contributed by atoms with Gasteiger partial charge in [-0.05, 0) is 101 Å². The van der Waals surface area contributed by atoms with Crippen molar-refractivity contribution in [3.8, 4) is 11.5 Å². The second-order valence-electron chi connectivity index (χ2n) is 12.9. The zero-order valence-corrected chi connectivity index (χ0v) is 25.7. The number of benzene rings is 2. The molecule has 8 heteroatoms. The van der Waals surface area contributed by atoms with E-state index in [2.05, 4.69) is 4.90 Å². The minimum atomic E-state index is -0.0161. The van der Waals surface area contributed by atoms with E-state index >= 15 is 0 Å². The van der Waals surface area contributed by atoms with E-state index in [0.717, 1.165) is 93.8 Å². The Morgan fingerprint density at radius 1 is 0.953 bits per heavy atom. The molecule has 2 aromatic rings. The van der Waals surface area contributed by atoms with Crippen molar-refractivity contribution in [2.45, 2.75) is 70.4 Å². The molecular weight excluding hydrogens is 542 g/mol. The van der Waals surface area contributed by atoms with Crippen LogP contribution in [0.1, 0.15) is 84.1 Å². The number of rotatable bonds is 4. The summed E-state index contributed by atoms with van der Waals surface area (Å²) in [6.45, 7) is 7.13. The first-order valence-electron chi connectivity index (χ1n) is 16.3. The van der Waals surface area contributed by atoms with Crippen LogP contribution in [0.2, 0.25) is 0 Å². The molecule has 2 aromatic carbocycles. The van der Waals surface area contributed by atoms with Gasteiger partial charge in [-0.1, -0.05) is 12.5 Å². The largest absolute Gasteiger partial charge is 0.496 e. The summed E-state index contributed by atoms with van der Waals surface area (Å²) in [5.41, 5.74) is 2.49. The lowest BCUT2D eigenvalue weighted by Crippen LogP contribution is -2.45. The second-order valence-corrected chi connectivity index (χ2v) is 12.9. The molecule has 1 spiro atoms. The smallest absolute Gasteiger partial charge is 0.254 e. The van der Waals surface area contributed by atoms with Gasteiger partial charge in [0, 0.05) is 54.9 Å². The molecule has 1 atom stereocenters. The molecule has 0 unspecified atom stereocenters. The molecule has 0 N–H and O–H groups in total. The Bertz CT molecular complexity index is 1270. The molecule has 4 aliphatic heterocycles. The van der Waals surface area contributed by atoms with Gasteiger partial charge in [0.1, 0.15) is 11.5 Å². The summed E-state index contributed by atoms with van der Waals surface area (Å²) in [4.78, 5) is 33.5. The van der Waals surface area contributed by atoms with Crippen LogP contribution in [0.25, 0.3) is 0 Å². The van der Waals surface area contributed by atoms with Crippen molar-refractivity contribution in [3.05, 3.63) is 59.2 Å². The third-order valence-electron chi connectivity index (χ3n) is 10.1. The molecular formula is C35H47N3O5. The van der Waals surface area contributed by atoms with Gasteiger partial charge in [-0.15, -0.1) is 0 Å². The highest BCUT2D eigenvalue weighted by molar-refractivity contribution is 5.95. The van der Waals surface area contributed by atoms with Gasteiger partial charge in [0.2, 0.25) is 0 Å². The van der Waals surface area contributed by atoms with Crippen LogP contribution in [-0.2, 0) is 11.3 Å². The van der Waals surface area contributed by atoms with Crippen molar-refractivity contribution < 1.29 is 23.8 Å². The minimum Gasteiger partial charge on any atom is -0.496 e. The minimum absolute atomic E-state index is 0.0161. The van der Waals surface area contributed by atoms with Crippen LogP contribution < -0.4 is 9.47 Å². The molecule has 8 nitrogen and oxygen atoms in total. The fourth-order valence-corrected chi connectivity index (χ4v) is 7.37. The fourth-order valence-electron chi connectivity index (χ4n) is 7.37. The normalized spacial score (nSPS) is 23.4. The predicted octanol–water partition coefficient (Wildman–Crippen LogP) is 5.40. The van der Waals surface area contributed by atoms with Gasteiger partial charge < -0.3 is 24.0 Å². The Kier molecular flexibility index (Phi) is 9.53. The Labute approximate surface area is 256 Å². The lowest BCUT2D eigenvalue weighted by atomic mass is 9.75. The number of likely N-dealkylation sites (tertiary alicyclic amines) is 2. The average molecular weight is 590 g/mol. The third-order valence-corrected chi connectivity index (χ3v) is 10.1. The molecule has 0 aliphatic carbocycles. The SMILES string of the molecule is COc1ccc(C(=O)N2CCC3(CCCCOC[C@@H]4CCCN4C(=O)c4cccc(c4)OC3)CC2)cc1CN1CCCC1. The molecule has 6 rings (SSSR count). The van der Waals surface area contributed by atoms with E-state index in [4.69, 9.17) is 14.2 Å². The van der Waals surface area contributed by atoms with Crippen molar-refractivity contribution in [2.75, 3.05) is 59.7 Å². The molecule has 2 bridgehead atoms. The molecule has 232 valence electrons. The monoisotopic (exact) mass is 589 g/mol. The standard InChI is InChI=1S/C35H47N3O5/c1-41-32-12-11-28(22-29(32)24-36-16-3-4-17-36)33(39)37-19-14-35(15-20-37)13-2-5-21-42-25-30-9-7-18-38(30)34(40)27-8-6-10-31(23-27)43-26-35/h6,8,10-12,22-23,30H,2-5,7,9,13-21,24-26H2,1H3/t30-/m0/s1. The number of amides is 2. The number of carbonyl (C=O) groups is 2. The molecule has 2 amide bonds. The molecule has 0 radical (unpaired) electrons. The summed E-state index contributed by atoms with van der Waals surface area (Å²) in [7, 11) is 1.70. The number of carbonyl (C=O) groups excluding carboxylic acids is 2. The predicted molar refractivity (Wildman–Crippen MR) is 166 cm³/mol. The van der Waals surface area contributed by atoms with Gasteiger partial charge in [0.25, 0.3) is 11.8 Å². The molecule has 4 aliphatic rings. The van der Waals surface area contributed by atoms with Crippen LogP contribution in [0.15, 0.2) is 42.5 Å². The van der Waals surface area contributed by atoms with Crippen LogP contribution in [0.3, 0.4) is 0 Å². The van der Waals surface area contributed by atoms with Crippen molar-refractivity contribution in [3.63, 3.8) is 0 Å². The van der Waals surface area contributed by atoms with Crippen LogP contribution >= 0.6 is 0 Å². The number of nitrogens with zero attached hydrogens (tertiary/aromatic N) is 3. The topological polar surface area (TPSA) is 71.5 Å². The number of fused-ring (bicyclic) bond motifs is 3. The molecule has 4 heterocycles. The van der Waals surface area contributed by atoms with Gasteiger partial charge in [-0.3, -0.25) is 14.5 Å². The Balaban J connectivity index is 1.13. The van der Waals surface area contributed by atoms with E-state index in [9.17, 15) is 9.59 Å². The van der Waals surface area contributed by atoms with Crippen molar-refractivity contribution in [2.24, 2.45) is 5.41 Å². The molecule has 43 heavy (non-hydrogen) atoms. The molecule has 3 saturated heterocycles. The van der Waals surface area contributed by atoms with Crippen LogP contribution in [0.4, 0.5) is 0 Å². The van der Waals surface area contributed by atoms with Crippen LogP contribution in [0.5, 0.6) is 11.5 Å². The number of methoxy groups -OCH3 is 1. The summed E-state index contributed by atoms with van der Waals surface area (Å²) < 4.78 is 18.2. The van der Waals surface area contributed by atoms with Crippen molar-refractivity contribution >= 4 is 11.8 Å². The number of hydrogen-bond donors (Lipinski definition) is 0. The van der Waals surface area contributed by atoms with Crippen LogP contribution in [0, 0.1) is 5.41 Å². The molecule has 3 fully saturated rings. The van der Waals surface area contributed by atoms with E-state index in [-0.39, 0.29) is 23.3 Å². The highest BCUT2D eigenvalue weighted by Gasteiger charge is 2.37. The first-order valence-corrected chi connectivity index (χ1v) is 16.3. The summed E-state index contributed by atoms with van der Waals surface area (Å²) in [5, 5.41) is 0. The third kappa shape index (κ3) is 7.01. The lowest BCUT2D eigenvalue weighted by molar-refractivity contribution is 0.0332. The number of ether oxygens (including phenoxy) is 3. The second kappa shape index (κ2) is 13.7. The number of piperidine rings is 1. The van der Waals surface area contributed by atoms with Crippen LogP contribution in [-0.4, -0.2) is 92.2 Å². The first-order chi connectivity index (χ1) is 21.0. The highest BCUT2D eigenvalue weighted by Crippen LogP contribution is 2.38. The van der Waals surface area contributed by atoms with E-state index in [0.29, 0.717) is 38.5 Å². The maximum absolute atomic E-state index is 13.7. The van der Waals surface area contributed by atoms with E-state index in [1.54, 1.807) is 7.11 Å². The van der Waals surface area contributed by atoms with E-state index in [1.807, 2.05) is 52.3 Å². The Morgan fingerprint density at radius 2 is 1.79 bits per heavy atom. The van der Waals surface area contributed by atoms with Gasteiger partial charge in [0.15, 0.2) is 0 Å². The fraction of sp³-hybridized carbons (Fsp3) is 0.600. The summed E-state index contributed by atoms with van der Waals surface area (Å²) in [5.74, 6) is 1.76. The molecule has 0 saturated carbocycles. The number of hydrogen-bond acceptors (Lipinski definition) is 6. The summed E-state index contributed by atoms with van der Waals surface area (Å²) in [6.07, 6.45) is 9.36. The van der Waals surface area contributed by atoms with Gasteiger partial charge in [-0.25, -0.2) is 0 Å². The lowest BCUT2D eigenvalue weighted by Gasteiger charge is -2.42. The highest BCUT2D eigenvalue weighted by atomic mass is 16.5. The summed E-state index contributed by atoms with van der Waals surface area (Å²) >= 11 is 0. The zero-order chi connectivity index (χ0) is 29.6. The maximum atomic E-state index is 13.7.